The highest BCUT2D eigenvalue weighted by Gasteiger charge is 2.28. The van der Waals surface area contributed by atoms with Crippen LogP contribution in [0.15, 0.2) is 5.10 Å². The zero-order valence-corrected chi connectivity index (χ0v) is 9.59. The molecule has 0 amide bonds. The van der Waals surface area contributed by atoms with Crippen LogP contribution in [0.1, 0.15) is 39.0 Å². The molecule has 1 aliphatic carbocycles. The summed E-state index contributed by atoms with van der Waals surface area (Å²) in [5.74, 6) is -0.991. The number of carbonyl (C=O) groups is 1. The number of aliphatic carboxylic acids is 1. The van der Waals surface area contributed by atoms with Crippen molar-refractivity contribution >= 4 is 11.9 Å². The smallest absolute Gasteiger partial charge is 0.327 e. The van der Waals surface area contributed by atoms with E-state index in [1.807, 2.05) is 0 Å². The number of rotatable bonds is 4. The van der Waals surface area contributed by atoms with Crippen LogP contribution >= 0.6 is 0 Å². The summed E-state index contributed by atoms with van der Waals surface area (Å²) in [5.41, 5.74) is 10.7. The number of hydrogen-bond acceptors (Lipinski definition) is 3. The summed E-state index contributed by atoms with van der Waals surface area (Å²) in [5, 5.41) is 14.5. The van der Waals surface area contributed by atoms with Crippen molar-refractivity contribution in [2.24, 2.45) is 16.6 Å². The fourth-order valence-corrected chi connectivity index (χ4v) is 2.08. The Hall–Kier alpha value is -1.46. The number of nitrogens with two attached hydrogens (primary N) is 2. The average Bonchev–Trinajstić information content (AvgIpc) is 2.26. The van der Waals surface area contributed by atoms with Crippen LogP contribution in [0.2, 0.25) is 0 Å². The fraction of sp³-hybridized carbons (Fsp3) is 0.800. The first kappa shape index (κ1) is 12.6. The molecule has 0 saturated heterocycles. The van der Waals surface area contributed by atoms with Crippen molar-refractivity contribution in [1.29, 1.82) is 0 Å². The van der Waals surface area contributed by atoms with E-state index < -0.39 is 12.0 Å². The van der Waals surface area contributed by atoms with E-state index in [0.717, 1.165) is 25.7 Å². The highest BCUT2D eigenvalue weighted by atomic mass is 16.4. The minimum Gasteiger partial charge on any atom is -0.480 e. The van der Waals surface area contributed by atoms with Crippen molar-refractivity contribution in [3.05, 3.63) is 0 Å². The van der Waals surface area contributed by atoms with Gasteiger partial charge in [0.25, 0.3) is 0 Å². The van der Waals surface area contributed by atoms with Crippen molar-refractivity contribution in [3.63, 3.8) is 0 Å². The minimum atomic E-state index is -0.907. The van der Waals surface area contributed by atoms with Crippen molar-refractivity contribution in [3.8, 4) is 0 Å². The van der Waals surface area contributed by atoms with E-state index in [1.54, 1.807) is 6.92 Å². The topological polar surface area (TPSA) is 105 Å². The van der Waals surface area contributed by atoms with Crippen LogP contribution in [0.4, 0.5) is 0 Å². The lowest BCUT2D eigenvalue weighted by Gasteiger charge is -2.34. The Kier molecular flexibility index (Phi) is 4.39. The van der Waals surface area contributed by atoms with Gasteiger partial charge >= 0.3 is 5.97 Å². The highest BCUT2D eigenvalue weighted by molar-refractivity contribution is 5.76. The van der Waals surface area contributed by atoms with Crippen molar-refractivity contribution in [1.82, 2.24) is 5.01 Å². The number of guanidine groups is 1. The maximum atomic E-state index is 11.0. The van der Waals surface area contributed by atoms with E-state index in [0.29, 0.717) is 0 Å². The first-order valence-corrected chi connectivity index (χ1v) is 5.63. The molecule has 0 radical (unpaired) electrons. The molecular formula is C10H20N4O2. The van der Waals surface area contributed by atoms with Gasteiger partial charge < -0.3 is 16.6 Å². The van der Waals surface area contributed by atoms with Crippen LogP contribution < -0.4 is 11.5 Å². The Morgan fingerprint density at radius 1 is 1.38 bits per heavy atom. The van der Waals surface area contributed by atoms with Gasteiger partial charge in [-0.25, -0.2) is 4.79 Å². The van der Waals surface area contributed by atoms with E-state index in [-0.39, 0.29) is 12.0 Å². The monoisotopic (exact) mass is 228 g/mol. The Labute approximate surface area is 95.3 Å². The number of carboxylic acid groups (broad SMARTS) is 1. The molecule has 16 heavy (non-hydrogen) atoms. The van der Waals surface area contributed by atoms with Gasteiger partial charge in [0, 0.05) is 6.04 Å². The zero-order valence-electron chi connectivity index (χ0n) is 9.59. The molecule has 0 spiro atoms. The molecule has 1 fully saturated rings. The Morgan fingerprint density at radius 3 is 2.38 bits per heavy atom. The van der Waals surface area contributed by atoms with Crippen LogP contribution in [-0.2, 0) is 4.79 Å². The van der Waals surface area contributed by atoms with Crippen LogP contribution in [-0.4, -0.2) is 34.1 Å². The summed E-state index contributed by atoms with van der Waals surface area (Å²) in [4.78, 5) is 11.0. The van der Waals surface area contributed by atoms with Crippen molar-refractivity contribution < 1.29 is 9.90 Å². The first-order chi connectivity index (χ1) is 7.52. The molecule has 0 aromatic heterocycles. The molecule has 92 valence electrons. The van der Waals surface area contributed by atoms with Crippen LogP contribution in [0.5, 0.6) is 0 Å². The van der Waals surface area contributed by atoms with Crippen molar-refractivity contribution in [2.75, 3.05) is 0 Å². The molecule has 1 atom stereocenters. The lowest BCUT2D eigenvalue weighted by atomic mass is 9.94. The lowest BCUT2D eigenvalue weighted by Crippen LogP contribution is -2.45. The van der Waals surface area contributed by atoms with Crippen LogP contribution in [0.25, 0.3) is 0 Å². The van der Waals surface area contributed by atoms with Crippen LogP contribution in [0.3, 0.4) is 0 Å². The van der Waals surface area contributed by atoms with E-state index in [2.05, 4.69) is 5.10 Å². The summed E-state index contributed by atoms with van der Waals surface area (Å²) in [6, 6.07) is -0.549. The van der Waals surface area contributed by atoms with Crippen molar-refractivity contribution in [2.45, 2.75) is 51.1 Å². The first-order valence-electron chi connectivity index (χ1n) is 5.63. The zero-order chi connectivity index (χ0) is 12.1. The average molecular weight is 228 g/mol. The normalized spacial score (nSPS) is 18.8. The third-order valence-corrected chi connectivity index (χ3v) is 2.93. The maximum Gasteiger partial charge on any atom is 0.327 e. The molecule has 0 aromatic rings. The lowest BCUT2D eigenvalue weighted by molar-refractivity contribution is -0.143. The highest BCUT2D eigenvalue weighted by Crippen LogP contribution is 2.24. The summed E-state index contributed by atoms with van der Waals surface area (Å²) >= 11 is 0. The van der Waals surface area contributed by atoms with Gasteiger partial charge in [-0.05, 0) is 19.8 Å². The molecule has 1 aliphatic rings. The third-order valence-electron chi connectivity index (χ3n) is 2.93. The predicted molar refractivity (Wildman–Crippen MR) is 61.6 cm³/mol. The summed E-state index contributed by atoms with van der Waals surface area (Å²) in [6.45, 7) is 1.60. The van der Waals surface area contributed by atoms with Gasteiger partial charge in [-0.2, -0.15) is 0 Å². The molecule has 6 heteroatoms. The predicted octanol–water partition coefficient (Wildman–Crippen LogP) is 0.283. The van der Waals surface area contributed by atoms with Gasteiger partial charge in [0.1, 0.15) is 6.04 Å². The molecule has 0 aliphatic heterocycles. The quantitative estimate of drug-likeness (QED) is 0.364. The summed E-state index contributed by atoms with van der Waals surface area (Å²) in [6.07, 6.45) is 5.32. The number of hydrazone groups is 1. The third kappa shape index (κ3) is 3.29. The van der Waals surface area contributed by atoms with E-state index in [9.17, 15) is 4.79 Å². The maximum absolute atomic E-state index is 11.0. The Morgan fingerprint density at radius 2 is 1.94 bits per heavy atom. The molecule has 1 rings (SSSR count). The van der Waals surface area contributed by atoms with Gasteiger partial charge in [0.15, 0.2) is 0 Å². The number of carboxylic acids is 1. The molecular weight excluding hydrogens is 208 g/mol. The van der Waals surface area contributed by atoms with Gasteiger partial charge in [-0.3, -0.25) is 5.01 Å². The fourth-order valence-electron chi connectivity index (χ4n) is 2.08. The minimum absolute atomic E-state index is 0.0846. The van der Waals surface area contributed by atoms with E-state index in [1.165, 1.54) is 11.4 Å². The number of hydrogen-bond donors (Lipinski definition) is 3. The summed E-state index contributed by atoms with van der Waals surface area (Å²) in [7, 11) is 0. The van der Waals surface area contributed by atoms with Gasteiger partial charge in [-0.1, -0.05) is 19.3 Å². The molecule has 1 saturated carbocycles. The van der Waals surface area contributed by atoms with Crippen LogP contribution in [0, 0.1) is 0 Å². The Balaban J connectivity index is 2.77. The van der Waals surface area contributed by atoms with Gasteiger partial charge in [0.05, 0.1) is 0 Å². The molecule has 1 unspecified atom stereocenters. The molecule has 0 aromatic carbocycles. The Bertz CT molecular complexity index is 270. The summed E-state index contributed by atoms with van der Waals surface area (Å²) < 4.78 is 0. The van der Waals surface area contributed by atoms with Gasteiger partial charge in [-0.15, -0.1) is 5.10 Å². The molecule has 0 heterocycles. The SMILES string of the molecule is CC(C(=O)O)N(N=C(N)N)C1CCCCC1. The molecule has 6 nitrogen and oxygen atoms in total. The largest absolute Gasteiger partial charge is 0.480 e. The second-order valence-corrected chi connectivity index (χ2v) is 4.21. The second kappa shape index (κ2) is 5.58. The molecule has 5 N–H and O–H groups in total. The molecule has 0 bridgehead atoms. The standard InChI is InChI=1S/C10H20N4O2/c1-7(9(15)16)14(13-10(11)12)8-5-3-2-4-6-8/h7-8H,2-6H2,1H3,(H,15,16)(H4,11,12,13). The van der Waals surface area contributed by atoms with E-state index >= 15 is 0 Å². The second-order valence-electron chi connectivity index (χ2n) is 4.21. The number of nitrogens with zero attached hydrogens (tertiary/aromatic N) is 2. The van der Waals surface area contributed by atoms with E-state index in [4.69, 9.17) is 16.6 Å². The van der Waals surface area contributed by atoms with Gasteiger partial charge in [0.2, 0.25) is 5.96 Å².